The first kappa shape index (κ1) is 13.3. The highest BCUT2D eigenvalue weighted by atomic mass is 16.5. The van der Waals surface area contributed by atoms with E-state index in [4.69, 9.17) is 4.52 Å². The van der Waals surface area contributed by atoms with Gasteiger partial charge in [-0.2, -0.15) is 10.1 Å². The van der Waals surface area contributed by atoms with E-state index in [2.05, 4.69) is 39.1 Å². The van der Waals surface area contributed by atoms with E-state index in [9.17, 15) is 0 Å². The molecule has 0 amide bonds. The normalized spacial score (nSPS) is 19.9. The first-order valence-electron chi connectivity index (χ1n) is 7.30. The Morgan fingerprint density at radius 1 is 1.55 bits per heavy atom. The lowest BCUT2D eigenvalue weighted by Gasteiger charge is -2.26. The van der Waals surface area contributed by atoms with Crippen molar-refractivity contribution >= 4 is 0 Å². The summed E-state index contributed by atoms with van der Waals surface area (Å²) < 4.78 is 7.34. The zero-order chi connectivity index (χ0) is 14.1. The van der Waals surface area contributed by atoms with Gasteiger partial charge < -0.3 is 4.52 Å². The third kappa shape index (κ3) is 2.35. The van der Waals surface area contributed by atoms with Crippen LogP contribution in [0, 0.1) is 6.92 Å². The van der Waals surface area contributed by atoms with Crippen molar-refractivity contribution in [3.8, 4) is 0 Å². The van der Waals surface area contributed by atoms with Crippen LogP contribution in [0.5, 0.6) is 0 Å². The fourth-order valence-corrected chi connectivity index (χ4v) is 2.93. The minimum absolute atomic E-state index is 0.0529. The van der Waals surface area contributed by atoms with Crippen LogP contribution in [0.25, 0.3) is 0 Å². The Balaban J connectivity index is 1.77. The number of hydrogen-bond acceptors (Lipinski definition) is 5. The molecule has 108 valence electrons. The second-order valence-electron chi connectivity index (χ2n) is 5.38. The average molecular weight is 275 g/mol. The number of hydrogen-bond donors (Lipinski definition) is 1. The van der Waals surface area contributed by atoms with Crippen LogP contribution in [0.15, 0.2) is 10.7 Å². The van der Waals surface area contributed by atoms with Crippen molar-refractivity contribution in [2.45, 2.75) is 58.7 Å². The van der Waals surface area contributed by atoms with Gasteiger partial charge in [-0.1, -0.05) is 5.16 Å². The molecule has 1 aliphatic rings. The van der Waals surface area contributed by atoms with Gasteiger partial charge in [-0.25, -0.2) is 0 Å². The predicted octanol–water partition coefficient (Wildman–Crippen LogP) is 2.32. The number of nitrogens with zero attached hydrogens (tertiary/aromatic N) is 4. The van der Waals surface area contributed by atoms with Gasteiger partial charge in [0.2, 0.25) is 5.89 Å². The van der Waals surface area contributed by atoms with Crippen LogP contribution in [-0.4, -0.2) is 19.9 Å². The van der Waals surface area contributed by atoms with E-state index in [1.807, 2.05) is 13.1 Å². The van der Waals surface area contributed by atoms with Crippen LogP contribution in [0.2, 0.25) is 0 Å². The average Bonchev–Trinajstić information content (AvgIpc) is 3.05. The Morgan fingerprint density at radius 3 is 3.10 bits per heavy atom. The van der Waals surface area contributed by atoms with E-state index >= 15 is 0 Å². The molecule has 0 spiro atoms. The van der Waals surface area contributed by atoms with E-state index in [0.717, 1.165) is 19.4 Å². The van der Waals surface area contributed by atoms with Gasteiger partial charge >= 0.3 is 0 Å². The molecule has 0 unspecified atom stereocenters. The van der Waals surface area contributed by atoms with Crippen molar-refractivity contribution in [3.05, 3.63) is 29.2 Å². The number of nitrogens with one attached hydrogen (secondary N) is 1. The lowest BCUT2D eigenvalue weighted by molar-refractivity contribution is 0.312. The summed E-state index contributed by atoms with van der Waals surface area (Å²) in [5.41, 5.74) is 2.69. The van der Waals surface area contributed by atoms with Crippen molar-refractivity contribution in [1.82, 2.24) is 25.2 Å². The Morgan fingerprint density at radius 2 is 2.40 bits per heavy atom. The van der Waals surface area contributed by atoms with Gasteiger partial charge in [-0.3, -0.25) is 10.00 Å². The second-order valence-corrected chi connectivity index (χ2v) is 5.38. The van der Waals surface area contributed by atoms with Crippen LogP contribution < -0.4 is 5.32 Å². The molecule has 20 heavy (non-hydrogen) atoms. The third-order valence-corrected chi connectivity index (χ3v) is 3.93. The van der Waals surface area contributed by atoms with Crippen LogP contribution >= 0.6 is 0 Å². The van der Waals surface area contributed by atoms with Crippen LogP contribution in [0.1, 0.15) is 61.7 Å². The molecule has 6 nitrogen and oxygen atoms in total. The zero-order valence-electron chi connectivity index (χ0n) is 12.3. The largest absolute Gasteiger partial charge is 0.338 e. The maximum absolute atomic E-state index is 5.24. The molecule has 1 aliphatic carbocycles. The summed E-state index contributed by atoms with van der Waals surface area (Å²) >= 11 is 0. The summed E-state index contributed by atoms with van der Waals surface area (Å²) in [6, 6.07) is 0.374. The molecule has 0 bridgehead atoms. The number of rotatable bonds is 4. The van der Waals surface area contributed by atoms with Crippen LogP contribution in [0.3, 0.4) is 0 Å². The summed E-state index contributed by atoms with van der Waals surface area (Å²) in [5, 5.41) is 11.9. The molecule has 2 aromatic heterocycles. The van der Waals surface area contributed by atoms with Crippen molar-refractivity contribution in [1.29, 1.82) is 0 Å². The van der Waals surface area contributed by atoms with Crippen molar-refractivity contribution < 1.29 is 4.52 Å². The molecule has 2 atom stereocenters. The summed E-state index contributed by atoms with van der Waals surface area (Å²) in [4.78, 5) is 4.29. The minimum Gasteiger partial charge on any atom is -0.338 e. The number of aryl methyl sites for hydroxylation is 2. The minimum atomic E-state index is 0.0529. The maximum atomic E-state index is 5.24. The lowest BCUT2D eigenvalue weighted by Crippen LogP contribution is -2.28. The number of fused-ring (bicyclic) bond motifs is 1. The Labute approximate surface area is 118 Å². The summed E-state index contributed by atoms with van der Waals surface area (Å²) in [7, 11) is 0. The summed E-state index contributed by atoms with van der Waals surface area (Å²) in [6.45, 7) is 6.96. The van der Waals surface area contributed by atoms with Gasteiger partial charge in [0.1, 0.15) is 0 Å². The quantitative estimate of drug-likeness (QED) is 0.927. The third-order valence-electron chi connectivity index (χ3n) is 3.93. The SMILES string of the molecule is CCn1ncc2c1CCC[C@H]2N[C@@H](C)c1nc(C)no1. The van der Waals surface area contributed by atoms with Gasteiger partial charge in [-0.15, -0.1) is 0 Å². The molecule has 3 rings (SSSR count). The molecule has 0 aromatic carbocycles. The lowest BCUT2D eigenvalue weighted by atomic mass is 9.92. The van der Waals surface area contributed by atoms with Crippen LogP contribution in [-0.2, 0) is 13.0 Å². The highest BCUT2D eigenvalue weighted by Crippen LogP contribution is 2.31. The molecule has 0 radical (unpaired) electrons. The van der Waals surface area contributed by atoms with E-state index in [1.54, 1.807) is 0 Å². The zero-order valence-corrected chi connectivity index (χ0v) is 12.3. The van der Waals surface area contributed by atoms with Crippen LogP contribution in [0.4, 0.5) is 0 Å². The van der Waals surface area contributed by atoms with Crippen molar-refractivity contribution in [2.75, 3.05) is 0 Å². The van der Waals surface area contributed by atoms with E-state index < -0.39 is 0 Å². The first-order chi connectivity index (χ1) is 9.69. The molecule has 1 N–H and O–H groups in total. The fourth-order valence-electron chi connectivity index (χ4n) is 2.93. The highest BCUT2D eigenvalue weighted by molar-refractivity contribution is 5.25. The highest BCUT2D eigenvalue weighted by Gasteiger charge is 2.26. The standard InChI is InChI=1S/C14H21N5O/c1-4-19-13-7-5-6-12(11(13)8-15-19)16-9(2)14-17-10(3)18-20-14/h8-9,12,16H,4-7H2,1-3H3/t9-,12+/m0/s1. The molecule has 2 aromatic rings. The Hall–Kier alpha value is -1.69. The van der Waals surface area contributed by atoms with Gasteiger partial charge in [-0.05, 0) is 40.0 Å². The molecular formula is C14H21N5O. The fraction of sp³-hybridized carbons (Fsp3) is 0.643. The molecular weight excluding hydrogens is 254 g/mol. The van der Waals surface area contributed by atoms with Crippen molar-refractivity contribution in [2.24, 2.45) is 0 Å². The smallest absolute Gasteiger partial charge is 0.243 e. The molecule has 6 heteroatoms. The van der Waals surface area contributed by atoms with Gasteiger partial charge in [0.25, 0.3) is 0 Å². The maximum Gasteiger partial charge on any atom is 0.243 e. The molecule has 2 heterocycles. The van der Waals surface area contributed by atoms with Gasteiger partial charge in [0, 0.05) is 23.8 Å². The Kier molecular flexibility index (Phi) is 3.56. The topological polar surface area (TPSA) is 68.8 Å². The Bertz CT molecular complexity index is 588. The molecule has 0 aliphatic heterocycles. The van der Waals surface area contributed by atoms with E-state index in [0.29, 0.717) is 17.8 Å². The molecule has 0 saturated carbocycles. The molecule has 0 fully saturated rings. The first-order valence-corrected chi connectivity index (χ1v) is 7.30. The van der Waals surface area contributed by atoms with E-state index in [-0.39, 0.29) is 6.04 Å². The number of aromatic nitrogens is 4. The summed E-state index contributed by atoms with van der Waals surface area (Å²) in [5.74, 6) is 1.33. The van der Waals surface area contributed by atoms with E-state index in [1.165, 1.54) is 17.7 Å². The second kappa shape index (κ2) is 5.36. The van der Waals surface area contributed by atoms with Gasteiger partial charge in [0.05, 0.1) is 12.2 Å². The summed E-state index contributed by atoms with van der Waals surface area (Å²) in [6.07, 6.45) is 5.43. The monoisotopic (exact) mass is 275 g/mol. The molecule has 0 saturated heterocycles. The predicted molar refractivity (Wildman–Crippen MR) is 74.2 cm³/mol. The van der Waals surface area contributed by atoms with Gasteiger partial charge in [0.15, 0.2) is 5.82 Å². The van der Waals surface area contributed by atoms with Crippen molar-refractivity contribution in [3.63, 3.8) is 0 Å².